The van der Waals surface area contributed by atoms with Gasteiger partial charge in [-0.1, -0.05) is 29.8 Å². The lowest BCUT2D eigenvalue weighted by molar-refractivity contribution is -0.151. The third-order valence-electron chi connectivity index (χ3n) is 8.35. The number of nitrogens with one attached hydrogen (secondary N) is 2. The first-order valence-corrected chi connectivity index (χ1v) is 14.3. The minimum absolute atomic E-state index is 0.0382. The summed E-state index contributed by atoms with van der Waals surface area (Å²) in [6.07, 6.45) is 6.37. The zero-order valence-corrected chi connectivity index (χ0v) is 23.9. The van der Waals surface area contributed by atoms with Crippen LogP contribution in [0, 0.1) is 29.4 Å². The van der Waals surface area contributed by atoms with Crippen LogP contribution in [0.5, 0.6) is 0 Å². The largest absolute Gasteiger partial charge is 0.356 e. The van der Waals surface area contributed by atoms with Crippen molar-refractivity contribution in [3.63, 3.8) is 0 Å². The molecule has 0 spiro atoms. The standard InChI is InChI=1S/C30H38ClF4N3O2/c1-29(2,3)38-16-23(22-11-10-21(32)13-25(22)33)24(17-38)28(40)36-12-4-5-26(18-6-8-20(31)9-7-18)37-27(39)19-14-30(34,35)15-19/h6,8-11,13,18-19,23-24,26H,4-5,7,12,14-17H2,1-3H3,(H,36,40)(H,37,39)/t18?,23-,24+,26-/m0/s1. The number of allylic oxidation sites excluding steroid dienone is 3. The summed E-state index contributed by atoms with van der Waals surface area (Å²) >= 11 is 6.05. The number of likely N-dealkylation sites (tertiary alicyclic amines) is 1. The number of benzene rings is 1. The van der Waals surface area contributed by atoms with Crippen LogP contribution in [0.15, 0.2) is 41.5 Å². The van der Waals surface area contributed by atoms with Crippen molar-refractivity contribution >= 4 is 23.4 Å². The van der Waals surface area contributed by atoms with E-state index in [0.29, 0.717) is 49.5 Å². The van der Waals surface area contributed by atoms with Crippen molar-refractivity contribution in [3.8, 4) is 0 Å². The lowest BCUT2D eigenvalue weighted by Crippen LogP contribution is -2.49. The normalized spacial score (nSPS) is 25.7. The third-order valence-corrected chi connectivity index (χ3v) is 8.63. The number of nitrogens with zero attached hydrogens (tertiary/aromatic N) is 1. The summed E-state index contributed by atoms with van der Waals surface area (Å²) in [7, 11) is 0. The van der Waals surface area contributed by atoms with E-state index in [4.69, 9.17) is 11.6 Å². The summed E-state index contributed by atoms with van der Waals surface area (Å²) in [4.78, 5) is 28.1. The molecule has 2 aliphatic carbocycles. The molecule has 220 valence electrons. The molecule has 1 unspecified atom stereocenters. The average Bonchev–Trinajstić information content (AvgIpc) is 3.30. The summed E-state index contributed by atoms with van der Waals surface area (Å²) in [6.45, 7) is 7.36. The smallest absolute Gasteiger partial charge is 0.249 e. The number of hydrogen-bond donors (Lipinski definition) is 2. The second kappa shape index (κ2) is 12.2. The quantitative estimate of drug-likeness (QED) is 0.281. The van der Waals surface area contributed by atoms with E-state index >= 15 is 0 Å². The van der Waals surface area contributed by atoms with Gasteiger partial charge >= 0.3 is 0 Å². The molecule has 1 aromatic carbocycles. The van der Waals surface area contributed by atoms with E-state index in [0.717, 1.165) is 6.07 Å². The maximum atomic E-state index is 14.7. The Morgan fingerprint density at radius 1 is 1.15 bits per heavy atom. The number of carbonyl (C=O) groups excluding carboxylic acids is 2. The zero-order chi connectivity index (χ0) is 29.2. The molecule has 1 saturated heterocycles. The third kappa shape index (κ3) is 7.46. The van der Waals surface area contributed by atoms with Crippen LogP contribution in [0.25, 0.3) is 0 Å². The molecule has 0 bridgehead atoms. The van der Waals surface area contributed by atoms with Gasteiger partial charge in [0.25, 0.3) is 0 Å². The van der Waals surface area contributed by atoms with Crippen LogP contribution in [0.4, 0.5) is 17.6 Å². The van der Waals surface area contributed by atoms with Gasteiger partial charge in [-0.3, -0.25) is 14.5 Å². The average molecular weight is 584 g/mol. The van der Waals surface area contributed by atoms with E-state index in [2.05, 4.69) is 15.5 Å². The minimum Gasteiger partial charge on any atom is -0.356 e. The van der Waals surface area contributed by atoms with Crippen LogP contribution >= 0.6 is 11.6 Å². The van der Waals surface area contributed by atoms with Crippen LogP contribution in [-0.4, -0.2) is 53.9 Å². The van der Waals surface area contributed by atoms with E-state index in [1.807, 2.05) is 32.9 Å². The molecule has 5 nitrogen and oxygen atoms in total. The molecular formula is C30H38ClF4N3O2. The first kappa shape index (κ1) is 30.6. The predicted octanol–water partition coefficient (Wildman–Crippen LogP) is 5.90. The van der Waals surface area contributed by atoms with Crippen LogP contribution in [-0.2, 0) is 9.59 Å². The van der Waals surface area contributed by atoms with Gasteiger partial charge in [0.2, 0.25) is 17.7 Å². The number of rotatable bonds is 9. The van der Waals surface area contributed by atoms with Gasteiger partial charge in [-0.15, -0.1) is 0 Å². The van der Waals surface area contributed by atoms with Gasteiger partial charge in [0.15, 0.2) is 0 Å². The summed E-state index contributed by atoms with van der Waals surface area (Å²) < 4.78 is 54.9. The molecule has 1 saturated carbocycles. The summed E-state index contributed by atoms with van der Waals surface area (Å²) in [6, 6.07) is 3.20. The van der Waals surface area contributed by atoms with Crippen molar-refractivity contribution in [2.45, 2.75) is 76.3 Å². The fraction of sp³-hybridized carbons (Fsp3) is 0.600. The summed E-state index contributed by atoms with van der Waals surface area (Å²) in [5.74, 6) is -6.33. The first-order valence-electron chi connectivity index (χ1n) is 13.9. The Labute approximate surface area is 238 Å². The van der Waals surface area contributed by atoms with Gasteiger partial charge in [-0.05, 0) is 57.7 Å². The second-order valence-electron chi connectivity index (χ2n) is 12.3. The van der Waals surface area contributed by atoms with Crippen molar-refractivity contribution in [2.24, 2.45) is 17.8 Å². The van der Waals surface area contributed by atoms with Gasteiger partial charge in [-0.2, -0.15) is 0 Å². The van der Waals surface area contributed by atoms with E-state index in [1.165, 1.54) is 12.1 Å². The predicted molar refractivity (Wildman–Crippen MR) is 147 cm³/mol. The number of halogens is 5. The summed E-state index contributed by atoms with van der Waals surface area (Å²) in [5, 5.41) is 6.55. The monoisotopic (exact) mass is 583 g/mol. The Bertz CT molecular complexity index is 1160. The molecule has 40 heavy (non-hydrogen) atoms. The Morgan fingerprint density at radius 3 is 2.48 bits per heavy atom. The van der Waals surface area contributed by atoms with Gasteiger partial charge in [0.1, 0.15) is 11.6 Å². The molecule has 0 aromatic heterocycles. The maximum Gasteiger partial charge on any atom is 0.249 e. The van der Waals surface area contributed by atoms with Crippen LogP contribution in [0.1, 0.15) is 64.4 Å². The molecule has 2 N–H and O–H groups in total. The van der Waals surface area contributed by atoms with Crippen molar-refractivity contribution in [1.29, 1.82) is 0 Å². The Morgan fingerprint density at radius 2 is 1.88 bits per heavy atom. The zero-order valence-electron chi connectivity index (χ0n) is 23.2. The molecule has 0 radical (unpaired) electrons. The fourth-order valence-electron chi connectivity index (χ4n) is 5.85. The minimum atomic E-state index is -2.78. The Balaban J connectivity index is 1.36. The van der Waals surface area contributed by atoms with Gasteiger partial charge in [-0.25, -0.2) is 17.6 Å². The molecule has 1 aromatic rings. The Kier molecular flexibility index (Phi) is 9.35. The lowest BCUT2D eigenvalue weighted by Gasteiger charge is -2.36. The van der Waals surface area contributed by atoms with Crippen molar-refractivity contribution < 1.29 is 27.2 Å². The molecule has 4 rings (SSSR count). The summed E-state index contributed by atoms with van der Waals surface area (Å²) in [5.41, 5.74) is 0.0956. The number of carbonyl (C=O) groups is 2. The number of alkyl halides is 2. The maximum absolute atomic E-state index is 14.7. The van der Waals surface area contributed by atoms with E-state index in [9.17, 15) is 27.2 Å². The van der Waals surface area contributed by atoms with Crippen molar-refractivity contribution in [2.75, 3.05) is 19.6 Å². The molecule has 1 heterocycles. The van der Waals surface area contributed by atoms with E-state index < -0.39 is 48.2 Å². The number of amides is 2. The first-order chi connectivity index (χ1) is 18.7. The van der Waals surface area contributed by atoms with Gasteiger partial charge in [0.05, 0.1) is 5.92 Å². The molecule has 2 fully saturated rings. The molecule has 4 atom stereocenters. The highest BCUT2D eigenvalue weighted by Gasteiger charge is 2.49. The lowest BCUT2D eigenvalue weighted by atomic mass is 9.80. The van der Waals surface area contributed by atoms with Crippen molar-refractivity contribution in [3.05, 3.63) is 58.7 Å². The SMILES string of the molecule is CC(C)(C)N1C[C@@H](C(=O)NCCC[C@H](NC(=O)C2CC(F)(F)C2)C2C=CC(Cl)=CC2)[C@H](c2ccc(F)cc2F)C1. The highest BCUT2D eigenvalue weighted by atomic mass is 35.5. The van der Waals surface area contributed by atoms with E-state index in [1.54, 1.807) is 6.08 Å². The fourth-order valence-corrected chi connectivity index (χ4v) is 6.01. The van der Waals surface area contributed by atoms with Gasteiger partial charge in [0, 0.05) is 72.9 Å². The highest BCUT2D eigenvalue weighted by molar-refractivity contribution is 6.31. The topological polar surface area (TPSA) is 61.4 Å². The second-order valence-corrected chi connectivity index (χ2v) is 12.7. The number of hydrogen-bond acceptors (Lipinski definition) is 3. The van der Waals surface area contributed by atoms with Crippen LogP contribution < -0.4 is 10.6 Å². The molecule has 3 aliphatic rings. The Hall–Kier alpha value is -2.39. The van der Waals surface area contributed by atoms with E-state index in [-0.39, 0.29) is 29.3 Å². The molecular weight excluding hydrogens is 546 g/mol. The highest BCUT2D eigenvalue weighted by Crippen LogP contribution is 2.42. The van der Waals surface area contributed by atoms with Crippen LogP contribution in [0.3, 0.4) is 0 Å². The molecule has 2 amide bonds. The van der Waals surface area contributed by atoms with Crippen LogP contribution in [0.2, 0.25) is 0 Å². The molecule has 10 heteroatoms. The van der Waals surface area contributed by atoms with Crippen molar-refractivity contribution in [1.82, 2.24) is 15.5 Å². The van der Waals surface area contributed by atoms with Gasteiger partial charge < -0.3 is 10.6 Å². The molecule has 1 aliphatic heterocycles.